The minimum absolute atomic E-state index is 0.0322. The molecule has 0 aliphatic rings. The molecule has 0 radical (unpaired) electrons. The molecule has 1 aromatic carbocycles. The van der Waals surface area contributed by atoms with E-state index in [9.17, 15) is 4.79 Å². The largest absolute Gasteiger partial charge is 0.478 e. The SMILES string of the molecule is Cc1cc(C)nc(Oc2ccc(Cl)cc2C(=O)O)n1. The lowest BCUT2D eigenvalue weighted by Crippen LogP contribution is -2.02. The molecule has 0 bridgehead atoms. The Morgan fingerprint density at radius 2 is 1.84 bits per heavy atom. The third kappa shape index (κ3) is 3.20. The fourth-order valence-electron chi connectivity index (χ4n) is 1.60. The molecule has 0 unspecified atom stereocenters. The Morgan fingerprint density at radius 3 is 2.42 bits per heavy atom. The van der Waals surface area contributed by atoms with Crippen molar-refractivity contribution in [3.8, 4) is 11.8 Å². The summed E-state index contributed by atoms with van der Waals surface area (Å²) in [6.45, 7) is 3.61. The lowest BCUT2D eigenvalue weighted by atomic mass is 10.2. The molecule has 1 N–H and O–H groups in total. The van der Waals surface area contributed by atoms with Crippen LogP contribution in [0, 0.1) is 13.8 Å². The van der Waals surface area contributed by atoms with Crippen molar-refractivity contribution in [3.63, 3.8) is 0 Å². The number of aromatic nitrogens is 2. The van der Waals surface area contributed by atoms with Gasteiger partial charge in [0.2, 0.25) is 0 Å². The molecule has 1 heterocycles. The summed E-state index contributed by atoms with van der Waals surface area (Å²) in [4.78, 5) is 19.3. The van der Waals surface area contributed by atoms with E-state index in [0.29, 0.717) is 5.02 Å². The second kappa shape index (κ2) is 5.24. The zero-order chi connectivity index (χ0) is 14.0. The second-order valence-corrected chi connectivity index (χ2v) is 4.42. The first-order chi connectivity index (χ1) is 8.95. The zero-order valence-electron chi connectivity index (χ0n) is 10.3. The van der Waals surface area contributed by atoms with Gasteiger partial charge in [0, 0.05) is 16.4 Å². The van der Waals surface area contributed by atoms with Crippen LogP contribution < -0.4 is 4.74 Å². The minimum Gasteiger partial charge on any atom is -0.478 e. The molecule has 0 fully saturated rings. The summed E-state index contributed by atoms with van der Waals surface area (Å²) in [5.41, 5.74) is 1.46. The summed E-state index contributed by atoms with van der Waals surface area (Å²) in [7, 11) is 0. The molecule has 1 aromatic heterocycles. The van der Waals surface area contributed by atoms with Gasteiger partial charge < -0.3 is 9.84 Å². The summed E-state index contributed by atoms with van der Waals surface area (Å²) < 4.78 is 5.43. The Labute approximate surface area is 114 Å². The third-order valence-corrected chi connectivity index (χ3v) is 2.57. The molecule has 0 spiro atoms. The molecule has 0 amide bonds. The highest BCUT2D eigenvalue weighted by Crippen LogP contribution is 2.26. The Bertz CT molecular complexity index is 624. The van der Waals surface area contributed by atoms with Gasteiger partial charge in [-0.1, -0.05) is 11.6 Å². The van der Waals surface area contributed by atoms with Crippen LogP contribution in [0.4, 0.5) is 0 Å². The molecular weight excluding hydrogens is 268 g/mol. The molecule has 0 saturated carbocycles. The highest BCUT2D eigenvalue weighted by molar-refractivity contribution is 6.31. The summed E-state index contributed by atoms with van der Waals surface area (Å²) >= 11 is 5.76. The van der Waals surface area contributed by atoms with Crippen LogP contribution in [0.2, 0.25) is 5.02 Å². The quantitative estimate of drug-likeness (QED) is 0.933. The average Bonchev–Trinajstić information content (AvgIpc) is 2.30. The van der Waals surface area contributed by atoms with Gasteiger partial charge in [-0.3, -0.25) is 0 Å². The summed E-state index contributed by atoms with van der Waals surface area (Å²) in [5.74, 6) is -0.969. The van der Waals surface area contributed by atoms with Gasteiger partial charge in [-0.15, -0.1) is 0 Å². The van der Waals surface area contributed by atoms with Gasteiger partial charge in [-0.25, -0.2) is 14.8 Å². The average molecular weight is 279 g/mol. The van der Waals surface area contributed by atoms with Gasteiger partial charge in [-0.05, 0) is 38.1 Å². The van der Waals surface area contributed by atoms with E-state index in [1.165, 1.54) is 12.1 Å². The molecular formula is C13H11ClN2O3. The fraction of sp³-hybridized carbons (Fsp3) is 0.154. The van der Waals surface area contributed by atoms with Crippen molar-refractivity contribution in [2.24, 2.45) is 0 Å². The Morgan fingerprint density at radius 1 is 1.21 bits per heavy atom. The standard InChI is InChI=1S/C13H11ClN2O3/c1-7-5-8(2)16-13(15-7)19-11-4-3-9(14)6-10(11)12(17)18/h3-6H,1-2H3,(H,17,18). The number of hydrogen-bond donors (Lipinski definition) is 1. The number of ether oxygens (including phenoxy) is 1. The smallest absolute Gasteiger partial charge is 0.339 e. The van der Waals surface area contributed by atoms with Crippen LogP contribution in [0.5, 0.6) is 11.8 Å². The van der Waals surface area contributed by atoms with Gasteiger partial charge in [-0.2, -0.15) is 0 Å². The summed E-state index contributed by atoms with van der Waals surface area (Å²) in [6, 6.07) is 6.26. The number of nitrogens with zero attached hydrogens (tertiary/aromatic N) is 2. The molecule has 0 saturated heterocycles. The predicted octanol–water partition coefficient (Wildman–Crippen LogP) is 3.24. The van der Waals surface area contributed by atoms with Gasteiger partial charge in [0.25, 0.3) is 0 Å². The van der Waals surface area contributed by atoms with Crippen LogP contribution in [0.15, 0.2) is 24.3 Å². The topological polar surface area (TPSA) is 72.3 Å². The van der Waals surface area contributed by atoms with Gasteiger partial charge in [0.1, 0.15) is 11.3 Å². The van der Waals surface area contributed by atoms with Crippen molar-refractivity contribution in [1.82, 2.24) is 9.97 Å². The number of benzene rings is 1. The summed E-state index contributed by atoms with van der Waals surface area (Å²) in [6.07, 6.45) is 0. The van der Waals surface area contributed by atoms with E-state index in [2.05, 4.69) is 9.97 Å². The van der Waals surface area contributed by atoms with Crippen LogP contribution in [-0.4, -0.2) is 21.0 Å². The molecule has 0 atom stereocenters. The Hall–Kier alpha value is -2.14. The van der Waals surface area contributed by atoms with Gasteiger partial charge >= 0.3 is 12.0 Å². The Balaban J connectivity index is 2.40. The van der Waals surface area contributed by atoms with E-state index in [-0.39, 0.29) is 17.3 Å². The van der Waals surface area contributed by atoms with Crippen LogP contribution >= 0.6 is 11.6 Å². The third-order valence-electron chi connectivity index (χ3n) is 2.34. The van der Waals surface area contributed by atoms with E-state index in [0.717, 1.165) is 11.4 Å². The van der Waals surface area contributed by atoms with E-state index < -0.39 is 5.97 Å². The number of carbonyl (C=O) groups is 1. The van der Waals surface area contributed by atoms with Crippen molar-refractivity contribution in [2.75, 3.05) is 0 Å². The van der Waals surface area contributed by atoms with E-state index >= 15 is 0 Å². The molecule has 19 heavy (non-hydrogen) atoms. The maximum Gasteiger partial charge on any atom is 0.339 e. The number of halogens is 1. The highest BCUT2D eigenvalue weighted by atomic mass is 35.5. The Kier molecular flexibility index (Phi) is 3.66. The first kappa shape index (κ1) is 13.3. The molecule has 5 nitrogen and oxygen atoms in total. The first-order valence-electron chi connectivity index (χ1n) is 5.48. The molecule has 2 aromatic rings. The number of aromatic carboxylic acids is 1. The highest BCUT2D eigenvalue weighted by Gasteiger charge is 2.14. The fourth-order valence-corrected chi connectivity index (χ4v) is 1.77. The van der Waals surface area contributed by atoms with Crippen molar-refractivity contribution < 1.29 is 14.6 Å². The van der Waals surface area contributed by atoms with Crippen LogP contribution in [0.25, 0.3) is 0 Å². The number of hydrogen-bond acceptors (Lipinski definition) is 4. The van der Waals surface area contributed by atoms with Crippen molar-refractivity contribution in [1.29, 1.82) is 0 Å². The van der Waals surface area contributed by atoms with Crippen LogP contribution in [0.1, 0.15) is 21.7 Å². The predicted molar refractivity (Wildman–Crippen MR) is 70.0 cm³/mol. The first-order valence-corrected chi connectivity index (χ1v) is 5.86. The molecule has 0 aliphatic heterocycles. The van der Waals surface area contributed by atoms with Crippen molar-refractivity contribution in [3.05, 3.63) is 46.2 Å². The number of rotatable bonds is 3. The number of aryl methyl sites for hydroxylation is 2. The molecule has 2 rings (SSSR count). The van der Waals surface area contributed by atoms with Crippen molar-refractivity contribution >= 4 is 17.6 Å². The normalized spacial score (nSPS) is 10.3. The molecule has 0 aliphatic carbocycles. The zero-order valence-corrected chi connectivity index (χ0v) is 11.1. The van der Waals surface area contributed by atoms with Crippen LogP contribution in [0.3, 0.4) is 0 Å². The minimum atomic E-state index is -1.12. The molecule has 6 heteroatoms. The maximum absolute atomic E-state index is 11.1. The van der Waals surface area contributed by atoms with Gasteiger partial charge in [0.05, 0.1) is 0 Å². The van der Waals surface area contributed by atoms with E-state index in [4.69, 9.17) is 21.4 Å². The lowest BCUT2D eigenvalue weighted by molar-refractivity contribution is 0.0694. The monoisotopic (exact) mass is 278 g/mol. The maximum atomic E-state index is 11.1. The second-order valence-electron chi connectivity index (χ2n) is 3.98. The van der Waals surface area contributed by atoms with Gasteiger partial charge in [0.15, 0.2) is 0 Å². The number of carboxylic acids is 1. The summed E-state index contributed by atoms with van der Waals surface area (Å²) in [5, 5.41) is 9.42. The van der Waals surface area contributed by atoms with E-state index in [1.54, 1.807) is 12.1 Å². The van der Waals surface area contributed by atoms with Crippen LogP contribution in [-0.2, 0) is 0 Å². The lowest BCUT2D eigenvalue weighted by Gasteiger charge is -2.08. The van der Waals surface area contributed by atoms with E-state index in [1.807, 2.05) is 13.8 Å². The molecule has 98 valence electrons. The van der Waals surface area contributed by atoms with Crippen molar-refractivity contribution in [2.45, 2.75) is 13.8 Å². The number of carboxylic acid groups (broad SMARTS) is 1.